The predicted molar refractivity (Wildman–Crippen MR) is 84.2 cm³/mol. The van der Waals surface area contributed by atoms with Crippen molar-refractivity contribution in [1.29, 1.82) is 0 Å². The number of fused-ring (bicyclic) bond motifs is 1. The molecular formula is C16H21FN4. The molecule has 0 saturated heterocycles. The summed E-state index contributed by atoms with van der Waals surface area (Å²) in [6, 6.07) is 0. The number of rotatable bonds is 5. The Hall–Kier alpha value is -2.04. The van der Waals surface area contributed by atoms with Crippen molar-refractivity contribution < 1.29 is 4.39 Å². The van der Waals surface area contributed by atoms with Crippen molar-refractivity contribution in [1.82, 2.24) is 15.0 Å². The maximum Gasteiger partial charge on any atom is 0.171 e. The van der Waals surface area contributed by atoms with E-state index in [0.29, 0.717) is 28.2 Å². The molecule has 0 aliphatic heterocycles. The van der Waals surface area contributed by atoms with Gasteiger partial charge in [0.05, 0.1) is 11.1 Å². The van der Waals surface area contributed by atoms with Crippen molar-refractivity contribution in [2.24, 2.45) is 0 Å². The van der Waals surface area contributed by atoms with Gasteiger partial charge in [-0.3, -0.25) is 4.98 Å². The van der Waals surface area contributed by atoms with Crippen molar-refractivity contribution in [2.45, 2.75) is 33.1 Å². The van der Waals surface area contributed by atoms with Crippen LogP contribution in [-0.4, -0.2) is 28.5 Å². The minimum absolute atomic E-state index is 0.0200. The molecule has 0 aliphatic rings. The van der Waals surface area contributed by atoms with Gasteiger partial charge in [-0.05, 0) is 19.3 Å². The number of aryl methyl sites for hydroxylation is 1. The number of pyridine rings is 1. The van der Waals surface area contributed by atoms with Gasteiger partial charge in [-0.2, -0.15) is 0 Å². The summed E-state index contributed by atoms with van der Waals surface area (Å²) >= 11 is 0. The highest BCUT2D eigenvalue weighted by molar-refractivity contribution is 5.89. The van der Waals surface area contributed by atoms with Gasteiger partial charge >= 0.3 is 0 Å². The van der Waals surface area contributed by atoms with Crippen molar-refractivity contribution in [2.75, 3.05) is 18.5 Å². The molecule has 0 unspecified atom stereocenters. The molecule has 0 radical (unpaired) electrons. The van der Waals surface area contributed by atoms with E-state index in [-0.39, 0.29) is 11.7 Å². The first kappa shape index (κ1) is 15.4. The molecule has 0 saturated carbocycles. The van der Waals surface area contributed by atoms with Crippen LogP contribution in [0, 0.1) is 12.7 Å². The topological polar surface area (TPSA) is 41.9 Å². The van der Waals surface area contributed by atoms with E-state index in [1.807, 2.05) is 31.9 Å². The molecule has 0 atom stereocenters. The van der Waals surface area contributed by atoms with Gasteiger partial charge < -0.3 is 4.90 Å². The first-order valence-corrected chi connectivity index (χ1v) is 7.10. The van der Waals surface area contributed by atoms with Crippen LogP contribution in [0.25, 0.3) is 10.9 Å². The molecule has 0 N–H and O–H groups in total. The second-order valence-electron chi connectivity index (χ2n) is 5.47. The normalized spacial score (nSPS) is 11.1. The van der Waals surface area contributed by atoms with E-state index >= 15 is 0 Å². The predicted octanol–water partition coefficient (Wildman–Crippen LogP) is 3.61. The highest BCUT2D eigenvalue weighted by atomic mass is 19.1. The second kappa shape index (κ2) is 6.16. The largest absolute Gasteiger partial charge is 0.359 e. The van der Waals surface area contributed by atoms with Crippen LogP contribution in [-0.2, 0) is 0 Å². The number of anilines is 1. The minimum atomic E-state index is -0.341. The molecule has 4 nitrogen and oxygen atoms in total. The fourth-order valence-corrected chi connectivity index (χ4v) is 2.25. The molecule has 0 bridgehead atoms. The molecule has 21 heavy (non-hydrogen) atoms. The van der Waals surface area contributed by atoms with E-state index in [2.05, 4.69) is 21.5 Å². The van der Waals surface area contributed by atoms with Crippen LogP contribution < -0.4 is 4.90 Å². The number of hydrogen-bond donors (Lipinski definition) is 0. The quantitative estimate of drug-likeness (QED) is 0.788. The molecule has 0 fully saturated rings. The van der Waals surface area contributed by atoms with Crippen LogP contribution in [0.3, 0.4) is 0 Å². The fourth-order valence-electron chi connectivity index (χ4n) is 2.25. The third-order valence-corrected chi connectivity index (χ3v) is 3.38. The van der Waals surface area contributed by atoms with E-state index < -0.39 is 0 Å². The van der Waals surface area contributed by atoms with Crippen LogP contribution in [0.5, 0.6) is 0 Å². The summed E-state index contributed by atoms with van der Waals surface area (Å²) in [5.41, 5.74) is 0.793. The third-order valence-electron chi connectivity index (χ3n) is 3.38. The summed E-state index contributed by atoms with van der Waals surface area (Å²) in [4.78, 5) is 15.0. The van der Waals surface area contributed by atoms with Gasteiger partial charge in [-0.25, -0.2) is 14.4 Å². The Morgan fingerprint density at radius 1 is 1.38 bits per heavy atom. The van der Waals surface area contributed by atoms with E-state index in [1.54, 1.807) is 13.1 Å². The summed E-state index contributed by atoms with van der Waals surface area (Å²) < 4.78 is 14.6. The van der Waals surface area contributed by atoms with E-state index in [4.69, 9.17) is 0 Å². The van der Waals surface area contributed by atoms with Crippen LogP contribution >= 0.6 is 0 Å². The average molecular weight is 288 g/mol. The van der Waals surface area contributed by atoms with E-state index in [1.165, 1.54) is 0 Å². The number of hydrogen-bond acceptors (Lipinski definition) is 4. The minimum Gasteiger partial charge on any atom is -0.359 e. The summed E-state index contributed by atoms with van der Waals surface area (Å²) in [6.45, 7) is 10.1. The molecule has 2 rings (SSSR count). The molecule has 112 valence electrons. The highest BCUT2D eigenvalue weighted by Crippen LogP contribution is 2.28. The molecule has 0 spiro atoms. The van der Waals surface area contributed by atoms with Gasteiger partial charge in [-0.1, -0.05) is 19.9 Å². The monoisotopic (exact) mass is 288 g/mol. The van der Waals surface area contributed by atoms with Gasteiger partial charge in [0.15, 0.2) is 5.82 Å². The highest BCUT2D eigenvalue weighted by Gasteiger charge is 2.18. The van der Waals surface area contributed by atoms with E-state index in [0.717, 1.165) is 13.0 Å². The molecular weight excluding hydrogens is 267 g/mol. The van der Waals surface area contributed by atoms with Crippen LogP contribution in [0.2, 0.25) is 0 Å². The summed E-state index contributed by atoms with van der Waals surface area (Å²) in [7, 11) is 1.93. The van der Waals surface area contributed by atoms with Gasteiger partial charge in [0.2, 0.25) is 0 Å². The van der Waals surface area contributed by atoms with Crippen LogP contribution in [0.15, 0.2) is 18.9 Å². The molecule has 2 aromatic heterocycles. The van der Waals surface area contributed by atoms with Gasteiger partial charge in [-0.15, -0.1) is 6.58 Å². The first-order valence-electron chi connectivity index (χ1n) is 7.10. The molecule has 0 aliphatic carbocycles. The Bertz CT molecular complexity index is 667. The molecule has 5 heteroatoms. The number of nitrogens with zero attached hydrogens (tertiary/aromatic N) is 4. The Kier molecular flexibility index (Phi) is 4.50. The van der Waals surface area contributed by atoms with Gasteiger partial charge in [0.1, 0.15) is 17.2 Å². The zero-order chi connectivity index (χ0) is 15.6. The lowest BCUT2D eigenvalue weighted by Crippen LogP contribution is -2.20. The zero-order valence-electron chi connectivity index (χ0n) is 13.0. The zero-order valence-corrected chi connectivity index (χ0v) is 13.0. The Morgan fingerprint density at radius 2 is 2.10 bits per heavy atom. The molecule has 2 aromatic rings. The van der Waals surface area contributed by atoms with Crippen molar-refractivity contribution in [3.05, 3.63) is 36.2 Å². The average Bonchev–Trinajstić information content (AvgIpc) is 2.44. The molecule has 0 amide bonds. The van der Waals surface area contributed by atoms with E-state index in [9.17, 15) is 4.39 Å². The lowest BCUT2D eigenvalue weighted by molar-refractivity contribution is 0.593. The standard InChI is InChI=1S/C16H21FN4/c1-6-7-8-21(5)16-12-9-18-14(10(2)3)13(17)15(12)19-11(4)20-16/h6,9-10H,1,7-8H2,2-5H3. The van der Waals surface area contributed by atoms with Gasteiger partial charge in [0.25, 0.3) is 0 Å². The van der Waals surface area contributed by atoms with Crippen molar-refractivity contribution in [3.8, 4) is 0 Å². The Balaban J connectivity index is 2.62. The Labute approximate surface area is 124 Å². The number of halogens is 1. The van der Waals surface area contributed by atoms with Crippen molar-refractivity contribution in [3.63, 3.8) is 0 Å². The Morgan fingerprint density at radius 3 is 2.71 bits per heavy atom. The maximum atomic E-state index is 14.6. The SMILES string of the molecule is C=CCCN(C)c1nc(C)nc2c(F)c(C(C)C)ncc12. The van der Waals surface area contributed by atoms with Crippen molar-refractivity contribution >= 4 is 16.7 Å². The van der Waals surface area contributed by atoms with Crippen LogP contribution in [0.4, 0.5) is 10.2 Å². The number of aromatic nitrogens is 3. The summed E-state index contributed by atoms with van der Waals surface area (Å²) in [5, 5.41) is 0.647. The van der Waals surface area contributed by atoms with Gasteiger partial charge in [0, 0.05) is 19.8 Å². The maximum absolute atomic E-state index is 14.6. The summed E-state index contributed by atoms with van der Waals surface area (Å²) in [5.74, 6) is 0.946. The second-order valence-corrected chi connectivity index (χ2v) is 5.47. The van der Waals surface area contributed by atoms with Crippen LogP contribution in [0.1, 0.15) is 37.7 Å². The lowest BCUT2D eigenvalue weighted by atomic mass is 10.1. The molecule has 2 heterocycles. The first-order chi connectivity index (χ1) is 9.95. The lowest BCUT2D eigenvalue weighted by Gasteiger charge is -2.20. The summed E-state index contributed by atoms with van der Waals surface area (Å²) in [6.07, 6.45) is 4.36. The third kappa shape index (κ3) is 3.01. The smallest absolute Gasteiger partial charge is 0.171 e. The fraction of sp³-hybridized carbons (Fsp3) is 0.438. The molecule has 0 aromatic carbocycles.